The summed E-state index contributed by atoms with van der Waals surface area (Å²) < 4.78 is 19.5. The Hall–Kier alpha value is -0.620. The van der Waals surface area contributed by atoms with Crippen molar-refractivity contribution in [3.63, 3.8) is 0 Å². The topological polar surface area (TPSA) is 89.5 Å². The van der Waals surface area contributed by atoms with Gasteiger partial charge in [0.2, 0.25) is 0 Å². The fourth-order valence-electron chi connectivity index (χ4n) is 0.241. The van der Waals surface area contributed by atoms with Gasteiger partial charge >= 0.3 is 6.09 Å². The highest BCUT2D eigenvalue weighted by Crippen LogP contribution is 1.69. The van der Waals surface area contributed by atoms with Gasteiger partial charge in [0.1, 0.15) is 0 Å². The van der Waals surface area contributed by atoms with Gasteiger partial charge in [-0.05, 0) is 0 Å². The molecule has 2 N–H and O–H groups in total. The zero-order valence-electron chi connectivity index (χ0n) is 4.49. The van der Waals surface area contributed by atoms with Crippen LogP contribution in [0.25, 0.3) is 0 Å². The molecule has 5 nitrogen and oxygen atoms in total. The molecule has 54 valence electrons. The monoisotopic (exact) mass is 152 g/mol. The first-order chi connectivity index (χ1) is 4.13. The smallest absolute Gasteiger partial charge is 0.404 e. The van der Waals surface area contributed by atoms with E-state index in [-0.39, 0.29) is 12.3 Å². The van der Waals surface area contributed by atoms with Gasteiger partial charge < -0.3 is 15.0 Å². The van der Waals surface area contributed by atoms with E-state index in [0.29, 0.717) is 0 Å². The molecule has 0 aliphatic carbocycles. The van der Waals surface area contributed by atoms with Crippen molar-refractivity contribution in [1.29, 1.82) is 0 Å². The summed E-state index contributed by atoms with van der Waals surface area (Å²) in [7, 11) is 0. The van der Waals surface area contributed by atoms with Crippen molar-refractivity contribution in [3.8, 4) is 0 Å². The highest BCUT2D eigenvalue weighted by molar-refractivity contribution is 7.79. The van der Waals surface area contributed by atoms with Crippen molar-refractivity contribution in [2.45, 2.75) is 0 Å². The van der Waals surface area contributed by atoms with Gasteiger partial charge in [-0.1, -0.05) is 11.1 Å². The van der Waals surface area contributed by atoms with Gasteiger partial charge in [-0.25, -0.2) is 4.79 Å². The van der Waals surface area contributed by atoms with E-state index in [1.165, 1.54) is 0 Å². The predicted molar refractivity (Wildman–Crippen MR) is 29.8 cm³/mol. The Kier molecular flexibility index (Phi) is 3.98. The molecule has 9 heavy (non-hydrogen) atoms. The third kappa shape index (κ3) is 7.38. The molecular formula is C3H6NO4S-. The first-order valence-corrected chi connectivity index (χ1v) is 3.40. The average Bonchev–Trinajstić information content (AvgIpc) is 1.63. The molecule has 0 fully saturated rings. The molecule has 0 aromatic carbocycles. The third-order valence-electron chi connectivity index (χ3n) is 0.545. The molecule has 6 heteroatoms. The van der Waals surface area contributed by atoms with Crippen LogP contribution in [0.5, 0.6) is 0 Å². The lowest BCUT2D eigenvalue weighted by Crippen LogP contribution is -2.25. The van der Waals surface area contributed by atoms with E-state index in [9.17, 15) is 13.6 Å². The lowest BCUT2D eigenvalue weighted by molar-refractivity contribution is 0.195. The zero-order chi connectivity index (χ0) is 7.28. The molecular weight excluding hydrogens is 146 g/mol. The molecule has 0 bridgehead atoms. The quantitative estimate of drug-likeness (QED) is 0.514. The first-order valence-electron chi connectivity index (χ1n) is 2.15. The Morgan fingerprint density at radius 2 is 2.33 bits per heavy atom. The van der Waals surface area contributed by atoms with Gasteiger partial charge in [0, 0.05) is 12.3 Å². The Balaban J connectivity index is 3.10. The van der Waals surface area contributed by atoms with Crippen LogP contribution in [-0.4, -0.2) is 32.3 Å². The van der Waals surface area contributed by atoms with Crippen molar-refractivity contribution in [2.75, 3.05) is 12.3 Å². The minimum atomic E-state index is -2.16. The molecule has 0 aliphatic heterocycles. The molecule has 0 saturated heterocycles. The normalized spacial score (nSPS) is 12.6. The van der Waals surface area contributed by atoms with Crippen molar-refractivity contribution in [3.05, 3.63) is 0 Å². The summed E-state index contributed by atoms with van der Waals surface area (Å²) >= 11 is -2.16. The van der Waals surface area contributed by atoms with E-state index >= 15 is 0 Å². The summed E-state index contributed by atoms with van der Waals surface area (Å²) in [6.07, 6.45) is -1.21. The summed E-state index contributed by atoms with van der Waals surface area (Å²) in [6.45, 7) is -0.0502. The minimum Gasteiger partial charge on any atom is -0.772 e. The molecule has 0 aromatic rings. The third-order valence-corrected chi connectivity index (χ3v) is 1.08. The largest absolute Gasteiger partial charge is 0.772 e. The van der Waals surface area contributed by atoms with Crippen LogP contribution < -0.4 is 5.32 Å². The van der Waals surface area contributed by atoms with Crippen LogP contribution in [0.3, 0.4) is 0 Å². The Morgan fingerprint density at radius 3 is 2.67 bits per heavy atom. The number of rotatable bonds is 3. The molecule has 0 saturated carbocycles. The van der Waals surface area contributed by atoms with Gasteiger partial charge in [0.15, 0.2) is 0 Å². The summed E-state index contributed by atoms with van der Waals surface area (Å²) in [5.41, 5.74) is 0. The van der Waals surface area contributed by atoms with Crippen LogP contribution in [0.1, 0.15) is 0 Å². The summed E-state index contributed by atoms with van der Waals surface area (Å²) in [5.74, 6) is -0.174. The molecule has 0 aliphatic rings. The maximum Gasteiger partial charge on any atom is 0.404 e. The van der Waals surface area contributed by atoms with Crippen LogP contribution in [0, 0.1) is 0 Å². The number of hydrogen-bond acceptors (Lipinski definition) is 3. The molecule has 0 radical (unpaired) electrons. The van der Waals surface area contributed by atoms with E-state index < -0.39 is 17.2 Å². The maximum atomic E-state index is 9.75. The van der Waals surface area contributed by atoms with E-state index in [1.807, 2.05) is 5.32 Å². The molecule has 0 aromatic heterocycles. The van der Waals surface area contributed by atoms with Gasteiger partial charge in [-0.15, -0.1) is 0 Å². The second kappa shape index (κ2) is 4.28. The maximum absolute atomic E-state index is 9.75. The Labute approximate surface area is 54.4 Å². The fourth-order valence-corrected chi connectivity index (χ4v) is 0.510. The molecule has 1 amide bonds. The highest BCUT2D eigenvalue weighted by Gasteiger charge is 1.90. The summed E-state index contributed by atoms with van der Waals surface area (Å²) in [5, 5.41) is 9.81. The molecule has 0 spiro atoms. The van der Waals surface area contributed by atoms with Crippen LogP contribution in [0.4, 0.5) is 4.79 Å². The number of hydrogen-bond donors (Lipinski definition) is 2. The van der Waals surface area contributed by atoms with E-state index in [1.54, 1.807) is 0 Å². The highest BCUT2D eigenvalue weighted by atomic mass is 32.2. The number of nitrogens with one attached hydrogen (secondary N) is 1. The van der Waals surface area contributed by atoms with Gasteiger partial charge in [0.25, 0.3) is 0 Å². The standard InChI is InChI=1S/C3H7NO4S/c5-3(6)4-1-2-9(7)8/h4H,1-2H2,(H,5,6)(H,7,8)/p-1. The minimum absolute atomic E-state index is 0.0502. The van der Waals surface area contributed by atoms with Crippen molar-refractivity contribution < 1.29 is 18.7 Å². The molecule has 0 heterocycles. The molecule has 1 atom stereocenters. The van der Waals surface area contributed by atoms with E-state index in [4.69, 9.17) is 5.11 Å². The average molecular weight is 152 g/mol. The van der Waals surface area contributed by atoms with Gasteiger partial charge in [0.05, 0.1) is 0 Å². The predicted octanol–water partition coefficient (Wildman–Crippen LogP) is -0.867. The van der Waals surface area contributed by atoms with Crippen LogP contribution >= 0.6 is 0 Å². The van der Waals surface area contributed by atoms with Crippen LogP contribution in [0.2, 0.25) is 0 Å². The van der Waals surface area contributed by atoms with Crippen LogP contribution in [0.15, 0.2) is 0 Å². The molecule has 1 unspecified atom stereocenters. The Morgan fingerprint density at radius 1 is 1.78 bits per heavy atom. The van der Waals surface area contributed by atoms with Gasteiger partial charge in [-0.3, -0.25) is 4.21 Å². The number of amides is 1. The van der Waals surface area contributed by atoms with Crippen molar-refractivity contribution in [2.24, 2.45) is 0 Å². The molecule has 0 rings (SSSR count). The zero-order valence-corrected chi connectivity index (χ0v) is 5.31. The second-order valence-electron chi connectivity index (χ2n) is 1.24. The van der Waals surface area contributed by atoms with Gasteiger partial charge in [-0.2, -0.15) is 0 Å². The lowest BCUT2D eigenvalue weighted by Gasteiger charge is -2.02. The second-order valence-corrected chi connectivity index (χ2v) is 2.26. The van der Waals surface area contributed by atoms with E-state index in [0.717, 1.165) is 0 Å². The number of carboxylic acid groups (broad SMARTS) is 1. The van der Waals surface area contributed by atoms with E-state index in [2.05, 4.69) is 0 Å². The summed E-state index contributed by atoms with van der Waals surface area (Å²) in [6, 6.07) is 0. The van der Waals surface area contributed by atoms with Crippen molar-refractivity contribution in [1.82, 2.24) is 5.32 Å². The Bertz CT molecular complexity index is 111. The lowest BCUT2D eigenvalue weighted by atomic mass is 10.7. The van der Waals surface area contributed by atoms with Crippen LogP contribution in [-0.2, 0) is 11.1 Å². The summed E-state index contributed by atoms with van der Waals surface area (Å²) in [4.78, 5) is 9.67. The SMILES string of the molecule is O=C(O)NCCS(=O)[O-]. The number of carbonyl (C=O) groups is 1. The fraction of sp³-hybridized carbons (Fsp3) is 0.667. The first kappa shape index (κ1) is 8.38. The van der Waals surface area contributed by atoms with Crippen molar-refractivity contribution >= 4 is 17.2 Å².